The van der Waals surface area contributed by atoms with E-state index in [1.165, 1.54) is 36.0 Å². The van der Waals surface area contributed by atoms with Crippen molar-refractivity contribution in [3.8, 4) is 11.4 Å². The van der Waals surface area contributed by atoms with Gasteiger partial charge in [0.1, 0.15) is 17.5 Å². The Bertz CT molecular complexity index is 1320. The van der Waals surface area contributed by atoms with Crippen molar-refractivity contribution in [3.63, 3.8) is 0 Å². The van der Waals surface area contributed by atoms with Gasteiger partial charge in [0.15, 0.2) is 11.0 Å². The average Bonchev–Trinajstić information content (AvgIpc) is 3.41. The van der Waals surface area contributed by atoms with Gasteiger partial charge in [0.2, 0.25) is 5.91 Å². The molecule has 11 heteroatoms. The van der Waals surface area contributed by atoms with Crippen LogP contribution in [0.5, 0.6) is 0 Å². The summed E-state index contributed by atoms with van der Waals surface area (Å²) < 4.78 is 30.2. The van der Waals surface area contributed by atoms with Gasteiger partial charge in [0.25, 0.3) is 0 Å². The quantitative estimate of drug-likeness (QED) is 0.364. The Morgan fingerprint density at radius 2 is 1.63 bits per heavy atom. The minimum absolute atomic E-state index is 0.0588. The van der Waals surface area contributed by atoms with E-state index in [4.69, 9.17) is 0 Å². The lowest BCUT2D eigenvalue weighted by atomic mass is 10.2. The van der Waals surface area contributed by atoms with E-state index in [9.17, 15) is 13.6 Å². The summed E-state index contributed by atoms with van der Waals surface area (Å²) in [5.41, 5.74) is 2.03. The lowest BCUT2D eigenvalue weighted by Crippen LogP contribution is -2.21. The molecule has 1 N–H and O–H groups in total. The Morgan fingerprint density at radius 1 is 1.03 bits per heavy atom. The summed E-state index contributed by atoms with van der Waals surface area (Å²) in [5, 5.41) is 16.4. The summed E-state index contributed by atoms with van der Waals surface area (Å²) in [6.45, 7) is 3.80. The van der Waals surface area contributed by atoms with E-state index in [-0.39, 0.29) is 29.3 Å². The SMILES string of the molecule is Cc1cc(NC(=O)CSc2nnc([C@H](C)N(C)C)n2-c2ccc(F)cc2)n(-c2ccc(F)cc2)n1. The molecule has 0 aliphatic heterocycles. The predicted octanol–water partition coefficient (Wildman–Crippen LogP) is 4.39. The van der Waals surface area contributed by atoms with Gasteiger partial charge >= 0.3 is 0 Å². The summed E-state index contributed by atoms with van der Waals surface area (Å²) in [5.74, 6) is 0.243. The number of thioether (sulfide) groups is 1. The Balaban J connectivity index is 1.54. The molecule has 0 spiro atoms. The molecule has 0 bridgehead atoms. The Kier molecular flexibility index (Phi) is 7.27. The van der Waals surface area contributed by atoms with Crippen LogP contribution in [0, 0.1) is 18.6 Å². The summed E-state index contributed by atoms with van der Waals surface area (Å²) in [7, 11) is 3.86. The molecular formula is C24H25F2N7OS. The zero-order valence-corrected chi connectivity index (χ0v) is 20.6. The monoisotopic (exact) mass is 497 g/mol. The number of hydrogen-bond donors (Lipinski definition) is 1. The molecule has 182 valence electrons. The van der Waals surface area contributed by atoms with Crippen molar-refractivity contribution in [2.75, 3.05) is 25.2 Å². The molecule has 0 unspecified atom stereocenters. The molecule has 1 atom stereocenters. The first-order valence-electron chi connectivity index (χ1n) is 10.9. The van der Waals surface area contributed by atoms with E-state index in [1.54, 1.807) is 35.0 Å². The second-order valence-electron chi connectivity index (χ2n) is 8.19. The largest absolute Gasteiger partial charge is 0.310 e. The van der Waals surface area contributed by atoms with Crippen LogP contribution in [0.1, 0.15) is 24.5 Å². The molecule has 8 nitrogen and oxygen atoms in total. The van der Waals surface area contributed by atoms with E-state index in [0.717, 1.165) is 0 Å². The molecule has 0 aliphatic carbocycles. The fourth-order valence-electron chi connectivity index (χ4n) is 3.39. The fourth-order valence-corrected chi connectivity index (χ4v) is 4.14. The third-order valence-electron chi connectivity index (χ3n) is 5.39. The van der Waals surface area contributed by atoms with Gasteiger partial charge in [-0.05, 0) is 76.5 Å². The number of halogens is 2. The Labute approximate surface area is 206 Å². The van der Waals surface area contributed by atoms with Crippen LogP contribution in [0.15, 0.2) is 59.8 Å². The lowest BCUT2D eigenvalue weighted by molar-refractivity contribution is -0.113. The highest BCUT2D eigenvalue weighted by Crippen LogP contribution is 2.27. The number of anilines is 1. The summed E-state index contributed by atoms with van der Waals surface area (Å²) >= 11 is 1.22. The maximum absolute atomic E-state index is 13.5. The van der Waals surface area contributed by atoms with Crippen LogP contribution in [0.2, 0.25) is 0 Å². The van der Waals surface area contributed by atoms with E-state index < -0.39 is 0 Å². The molecule has 0 fully saturated rings. The van der Waals surface area contributed by atoms with Crippen LogP contribution in [-0.4, -0.2) is 55.2 Å². The number of benzene rings is 2. The zero-order chi connectivity index (χ0) is 25.1. The first kappa shape index (κ1) is 24.6. The lowest BCUT2D eigenvalue weighted by Gasteiger charge is -2.20. The third-order valence-corrected chi connectivity index (χ3v) is 6.32. The number of aryl methyl sites for hydroxylation is 1. The van der Waals surface area contributed by atoms with Crippen molar-refractivity contribution in [2.24, 2.45) is 0 Å². The van der Waals surface area contributed by atoms with Crippen LogP contribution < -0.4 is 5.32 Å². The summed E-state index contributed by atoms with van der Waals surface area (Å²) in [6.07, 6.45) is 0. The van der Waals surface area contributed by atoms with Crippen molar-refractivity contribution in [1.29, 1.82) is 0 Å². The number of carbonyl (C=O) groups excluding carboxylic acids is 1. The third kappa shape index (κ3) is 5.57. The molecule has 0 saturated carbocycles. The second kappa shape index (κ2) is 10.4. The van der Waals surface area contributed by atoms with Crippen molar-refractivity contribution in [3.05, 3.63) is 77.8 Å². The van der Waals surface area contributed by atoms with Gasteiger partial charge < -0.3 is 5.32 Å². The number of aromatic nitrogens is 5. The molecule has 0 radical (unpaired) electrons. The summed E-state index contributed by atoms with van der Waals surface area (Å²) in [6, 6.07) is 13.6. The predicted molar refractivity (Wildman–Crippen MR) is 131 cm³/mol. The van der Waals surface area contributed by atoms with Gasteiger partial charge in [0.05, 0.1) is 23.2 Å². The zero-order valence-electron chi connectivity index (χ0n) is 19.7. The van der Waals surface area contributed by atoms with Crippen molar-refractivity contribution < 1.29 is 13.6 Å². The highest BCUT2D eigenvalue weighted by atomic mass is 32.2. The normalized spacial score (nSPS) is 12.2. The molecule has 2 heterocycles. The van der Waals surface area contributed by atoms with E-state index in [2.05, 4.69) is 20.6 Å². The average molecular weight is 498 g/mol. The molecule has 2 aromatic carbocycles. The van der Waals surface area contributed by atoms with Crippen LogP contribution in [0.25, 0.3) is 11.4 Å². The molecule has 4 aromatic rings. The topological polar surface area (TPSA) is 80.9 Å². The standard InChI is InChI=1S/C24H25F2N7OS/c1-15-13-21(33(30-15)20-11-7-18(26)8-12-20)27-22(34)14-35-24-29-28-23(16(2)31(3)4)32(24)19-9-5-17(25)6-10-19/h5-13,16H,14H2,1-4H3,(H,27,34)/t16-/m0/s1. The molecule has 0 aliphatic rings. The van der Waals surface area contributed by atoms with Crippen LogP contribution >= 0.6 is 11.8 Å². The molecule has 4 rings (SSSR count). The van der Waals surface area contributed by atoms with Crippen molar-refractivity contribution in [2.45, 2.75) is 25.0 Å². The first-order chi connectivity index (χ1) is 16.7. The molecule has 35 heavy (non-hydrogen) atoms. The number of nitrogens with zero attached hydrogens (tertiary/aromatic N) is 6. The van der Waals surface area contributed by atoms with Crippen molar-refractivity contribution in [1.82, 2.24) is 29.4 Å². The fraction of sp³-hybridized carbons (Fsp3) is 0.250. The minimum atomic E-state index is -0.354. The number of rotatable bonds is 8. The maximum Gasteiger partial charge on any atom is 0.236 e. The number of carbonyl (C=O) groups is 1. The van der Waals surface area contributed by atoms with Crippen LogP contribution in [-0.2, 0) is 4.79 Å². The maximum atomic E-state index is 13.5. The minimum Gasteiger partial charge on any atom is -0.310 e. The number of hydrogen-bond acceptors (Lipinski definition) is 6. The number of nitrogens with one attached hydrogen (secondary N) is 1. The summed E-state index contributed by atoms with van der Waals surface area (Å²) in [4.78, 5) is 14.8. The molecule has 2 aromatic heterocycles. The van der Waals surface area contributed by atoms with Crippen LogP contribution in [0.3, 0.4) is 0 Å². The highest BCUT2D eigenvalue weighted by Gasteiger charge is 2.22. The Hall–Kier alpha value is -3.57. The van der Waals surface area contributed by atoms with Gasteiger partial charge in [-0.3, -0.25) is 14.3 Å². The second-order valence-corrected chi connectivity index (χ2v) is 9.13. The molecule has 0 saturated heterocycles. The van der Waals surface area contributed by atoms with E-state index in [0.29, 0.717) is 33.9 Å². The van der Waals surface area contributed by atoms with Gasteiger partial charge in [-0.1, -0.05) is 11.8 Å². The van der Waals surface area contributed by atoms with Gasteiger partial charge in [-0.15, -0.1) is 10.2 Å². The first-order valence-corrected chi connectivity index (χ1v) is 11.8. The highest BCUT2D eigenvalue weighted by molar-refractivity contribution is 7.99. The van der Waals surface area contributed by atoms with E-state index in [1.807, 2.05) is 37.4 Å². The van der Waals surface area contributed by atoms with Gasteiger partial charge in [0, 0.05) is 11.8 Å². The van der Waals surface area contributed by atoms with Gasteiger partial charge in [-0.2, -0.15) is 5.10 Å². The molecule has 1 amide bonds. The molecular weight excluding hydrogens is 472 g/mol. The Morgan fingerprint density at radius 3 is 2.23 bits per heavy atom. The van der Waals surface area contributed by atoms with E-state index >= 15 is 0 Å². The van der Waals surface area contributed by atoms with Crippen molar-refractivity contribution >= 4 is 23.5 Å². The smallest absolute Gasteiger partial charge is 0.236 e. The van der Waals surface area contributed by atoms with Crippen LogP contribution in [0.4, 0.5) is 14.6 Å². The number of amides is 1. The van der Waals surface area contributed by atoms with Gasteiger partial charge in [-0.25, -0.2) is 13.5 Å².